The monoisotopic (exact) mass is 416 g/mol. The number of carbonyl (C=O) groups excluding carboxylic acids is 3. The Morgan fingerprint density at radius 1 is 1.17 bits per heavy atom. The molecule has 3 aliphatic carbocycles. The maximum atomic E-state index is 13.4. The largest absolute Gasteiger partial charge is 0.508 e. The van der Waals surface area contributed by atoms with Crippen LogP contribution in [0.5, 0.6) is 5.75 Å². The summed E-state index contributed by atoms with van der Waals surface area (Å²) >= 11 is 0. The molecule has 1 aromatic carbocycles. The van der Waals surface area contributed by atoms with Crippen molar-refractivity contribution in [3.63, 3.8) is 0 Å². The van der Waals surface area contributed by atoms with E-state index in [4.69, 9.17) is 11.5 Å². The predicted octanol–water partition coefficient (Wildman–Crippen LogP) is -0.329. The Labute approximate surface area is 169 Å². The number of anilines is 1. The van der Waals surface area contributed by atoms with Gasteiger partial charge in [0.05, 0.1) is 16.9 Å². The number of primary amides is 1. The molecule has 4 atom stereocenters. The first-order valence-corrected chi connectivity index (χ1v) is 9.16. The minimum atomic E-state index is -2.69. The van der Waals surface area contributed by atoms with E-state index < -0.39 is 75.3 Å². The predicted molar refractivity (Wildman–Crippen MR) is 102 cm³/mol. The number of Topliss-reactive ketones (excluding diaryl/α,β-unsaturated/α-hetero) is 2. The first kappa shape index (κ1) is 19.9. The summed E-state index contributed by atoms with van der Waals surface area (Å²) in [6.07, 6.45) is -0.647. The van der Waals surface area contributed by atoms with Gasteiger partial charge in [0.25, 0.3) is 5.91 Å². The SMILES string of the molecule is CC1(O)c2ccc(N)c(O)c2C(O)=C2C(=O)[C@]3(O)C(O)=C(C(N)=O)C(=O)C[C@@H]3C[C@@H]21. The molecule has 0 saturated heterocycles. The molecule has 10 heteroatoms. The summed E-state index contributed by atoms with van der Waals surface area (Å²) in [5.74, 6) is -8.02. The number of nitrogens with two attached hydrogens (primary N) is 2. The van der Waals surface area contributed by atoms with Gasteiger partial charge >= 0.3 is 0 Å². The molecular weight excluding hydrogens is 396 g/mol. The van der Waals surface area contributed by atoms with Crippen molar-refractivity contribution >= 4 is 28.9 Å². The van der Waals surface area contributed by atoms with E-state index in [-0.39, 0.29) is 23.2 Å². The smallest absolute Gasteiger partial charge is 0.255 e. The number of rotatable bonds is 1. The number of benzene rings is 1. The number of aliphatic hydroxyl groups excluding tert-OH is 2. The summed E-state index contributed by atoms with van der Waals surface area (Å²) < 4.78 is 0. The number of nitrogen functional groups attached to an aromatic ring is 1. The van der Waals surface area contributed by atoms with Crippen LogP contribution in [0.1, 0.15) is 30.9 Å². The molecule has 0 spiro atoms. The van der Waals surface area contributed by atoms with E-state index in [0.29, 0.717) is 0 Å². The lowest BCUT2D eigenvalue weighted by Crippen LogP contribution is -2.60. The number of ketones is 2. The van der Waals surface area contributed by atoms with Crippen LogP contribution < -0.4 is 11.5 Å². The van der Waals surface area contributed by atoms with Gasteiger partial charge in [-0.05, 0) is 25.0 Å². The van der Waals surface area contributed by atoms with Crippen molar-refractivity contribution in [2.24, 2.45) is 17.6 Å². The van der Waals surface area contributed by atoms with Gasteiger partial charge in [-0.3, -0.25) is 14.4 Å². The fourth-order valence-corrected chi connectivity index (χ4v) is 4.93. The van der Waals surface area contributed by atoms with Crippen molar-refractivity contribution in [2.45, 2.75) is 31.0 Å². The molecule has 3 aliphatic rings. The van der Waals surface area contributed by atoms with Crippen molar-refractivity contribution in [1.29, 1.82) is 0 Å². The topological polar surface area (TPSA) is 204 Å². The molecule has 1 saturated carbocycles. The maximum absolute atomic E-state index is 13.4. The maximum Gasteiger partial charge on any atom is 0.255 e. The summed E-state index contributed by atoms with van der Waals surface area (Å²) in [6.45, 7) is 1.37. The fraction of sp³-hybridized carbons (Fsp3) is 0.350. The van der Waals surface area contributed by atoms with Gasteiger partial charge in [0.2, 0.25) is 5.78 Å². The van der Waals surface area contributed by atoms with Crippen LogP contribution in [0.3, 0.4) is 0 Å². The van der Waals surface area contributed by atoms with Gasteiger partial charge in [0.15, 0.2) is 11.4 Å². The Balaban J connectivity index is 2.02. The first-order chi connectivity index (χ1) is 13.8. The van der Waals surface area contributed by atoms with Crippen molar-refractivity contribution in [3.05, 3.63) is 40.2 Å². The number of carbonyl (C=O) groups is 3. The highest BCUT2D eigenvalue weighted by Gasteiger charge is 2.63. The van der Waals surface area contributed by atoms with Crippen molar-refractivity contribution in [2.75, 3.05) is 5.73 Å². The minimum Gasteiger partial charge on any atom is -0.508 e. The van der Waals surface area contributed by atoms with Crippen LogP contribution in [0, 0.1) is 11.8 Å². The molecule has 1 unspecified atom stereocenters. The highest BCUT2D eigenvalue weighted by molar-refractivity contribution is 6.22. The first-order valence-electron chi connectivity index (χ1n) is 9.16. The average molecular weight is 416 g/mol. The molecule has 158 valence electrons. The summed E-state index contributed by atoms with van der Waals surface area (Å²) in [4.78, 5) is 37.3. The third-order valence-corrected chi connectivity index (χ3v) is 6.53. The van der Waals surface area contributed by atoms with E-state index in [1.54, 1.807) is 0 Å². The van der Waals surface area contributed by atoms with E-state index in [0.717, 1.165) is 0 Å². The summed E-state index contributed by atoms with van der Waals surface area (Å²) in [5.41, 5.74) is 4.73. The number of amides is 1. The molecule has 30 heavy (non-hydrogen) atoms. The molecule has 1 amide bonds. The Morgan fingerprint density at radius 3 is 2.40 bits per heavy atom. The van der Waals surface area contributed by atoms with Gasteiger partial charge in [-0.1, -0.05) is 6.07 Å². The van der Waals surface area contributed by atoms with Crippen LogP contribution in [-0.4, -0.2) is 48.6 Å². The number of fused-ring (bicyclic) bond motifs is 3. The Hall–Kier alpha value is -3.37. The molecular formula is C20H20N2O8. The van der Waals surface area contributed by atoms with E-state index >= 15 is 0 Å². The summed E-state index contributed by atoms with van der Waals surface area (Å²) in [6, 6.07) is 2.73. The molecule has 9 N–H and O–H groups in total. The molecule has 0 aliphatic heterocycles. The molecule has 1 fully saturated rings. The molecule has 10 nitrogen and oxygen atoms in total. The standard InChI is InChI=1S/C20H20N2O8/c1-19(29)7-2-3-9(21)14(24)11(7)15(25)12-8(19)4-6-5-10(23)13(18(22)28)17(27)20(6,30)16(12)26/h2-3,6,8,24-25,27,29-30H,4-5,21H2,1H3,(H2,22,28)/t6-,8-,19?,20-/m0/s1. The number of hydrogen-bond acceptors (Lipinski definition) is 9. The number of aromatic hydroxyl groups is 1. The lowest BCUT2D eigenvalue weighted by atomic mass is 9.56. The molecule has 4 rings (SSSR count). The van der Waals surface area contributed by atoms with E-state index in [1.807, 2.05) is 0 Å². The lowest BCUT2D eigenvalue weighted by molar-refractivity contribution is -0.152. The third kappa shape index (κ3) is 2.17. The Bertz CT molecular complexity index is 1120. The number of phenols is 1. The van der Waals surface area contributed by atoms with E-state index in [9.17, 15) is 39.9 Å². The van der Waals surface area contributed by atoms with Gasteiger partial charge in [0.1, 0.15) is 22.8 Å². The van der Waals surface area contributed by atoms with Crippen LogP contribution in [-0.2, 0) is 20.0 Å². The average Bonchev–Trinajstić information content (AvgIpc) is 2.64. The molecule has 0 radical (unpaired) electrons. The van der Waals surface area contributed by atoms with E-state index in [1.165, 1.54) is 19.1 Å². The third-order valence-electron chi connectivity index (χ3n) is 6.53. The summed E-state index contributed by atoms with van der Waals surface area (Å²) in [7, 11) is 0. The van der Waals surface area contributed by atoms with Gasteiger partial charge in [-0.15, -0.1) is 0 Å². The quantitative estimate of drug-likeness (QED) is 0.182. The van der Waals surface area contributed by atoms with Crippen molar-refractivity contribution in [1.82, 2.24) is 0 Å². The van der Waals surface area contributed by atoms with Crippen molar-refractivity contribution in [3.8, 4) is 5.75 Å². The van der Waals surface area contributed by atoms with Gasteiger partial charge in [-0.2, -0.15) is 0 Å². The highest BCUT2D eigenvalue weighted by atomic mass is 16.3. The second-order valence-corrected chi connectivity index (χ2v) is 8.13. The number of phenolic OH excluding ortho intramolecular Hbond substituents is 1. The lowest BCUT2D eigenvalue weighted by Gasteiger charge is -2.50. The molecule has 0 aromatic heterocycles. The van der Waals surface area contributed by atoms with Gasteiger partial charge in [-0.25, -0.2) is 0 Å². The molecule has 0 heterocycles. The van der Waals surface area contributed by atoms with Crippen LogP contribution in [0.25, 0.3) is 5.76 Å². The van der Waals surface area contributed by atoms with Gasteiger partial charge < -0.3 is 37.0 Å². The van der Waals surface area contributed by atoms with Crippen LogP contribution in [0.15, 0.2) is 29.0 Å². The zero-order valence-corrected chi connectivity index (χ0v) is 15.8. The molecule has 0 bridgehead atoms. The van der Waals surface area contributed by atoms with Crippen LogP contribution in [0.4, 0.5) is 5.69 Å². The minimum absolute atomic E-state index is 0.110. The molecule has 1 aromatic rings. The fourth-order valence-electron chi connectivity index (χ4n) is 4.93. The Morgan fingerprint density at radius 2 is 1.80 bits per heavy atom. The van der Waals surface area contributed by atoms with Crippen molar-refractivity contribution < 1.29 is 39.9 Å². The van der Waals surface area contributed by atoms with E-state index in [2.05, 4.69) is 0 Å². The van der Waals surface area contributed by atoms with Crippen LogP contribution >= 0.6 is 0 Å². The zero-order chi connectivity index (χ0) is 22.3. The second kappa shape index (κ2) is 5.83. The summed E-state index contributed by atoms with van der Waals surface area (Å²) in [5, 5.41) is 54.1. The Kier molecular flexibility index (Phi) is 3.87. The van der Waals surface area contributed by atoms with Crippen LogP contribution in [0.2, 0.25) is 0 Å². The number of hydrogen-bond donors (Lipinski definition) is 7. The number of aliphatic hydroxyl groups is 4. The normalized spacial score (nSPS) is 33.2. The highest BCUT2D eigenvalue weighted by Crippen LogP contribution is 2.57. The second-order valence-electron chi connectivity index (χ2n) is 8.13. The zero-order valence-electron chi connectivity index (χ0n) is 15.8. The van der Waals surface area contributed by atoms with Gasteiger partial charge in [0, 0.05) is 23.8 Å².